The molecule has 2 aromatic carbocycles. The molecule has 2 rings (SSSR count). The SMILES string of the molecule is Cc1ccc([N+](=O)[O-])cc1NC(=O)COC(=O)COc1ccc(Cl)cc1Cl. The van der Waals surface area contributed by atoms with Crippen LogP contribution in [0.3, 0.4) is 0 Å². The summed E-state index contributed by atoms with van der Waals surface area (Å²) in [4.78, 5) is 33.8. The third-order valence-corrected chi connectivity index (χ3v) is 3.84. The predicted octanol–water partition coefficient (Wildman–Crippen LogP) is 3.77. The van der Waals surface area contributed by atoms with Crippen molar-refractivity contribution in [3.63, 3.8) is 0 Å². The van der Waals surface area contributed by atoms with Crippen LogP contribution in [0.15, 0.2) is 36.4 Å². The molecule has 1 amide bonds. The number of anilines is 1. The number of halogens is 2. The highest BCUT2D eigenvalue weighted by molar-refractivity contribution is 6.35. The summed E-state index contributed by atoms with van der Waals surface area (Å²) in [7, 11) is 0. The number of nitro groups is 1. The average Bonchev–Trinajstić information content (AvgIpc) is 2.61. The topological polar surface area (TPSA) is 108 Å². The fraction of sp³-hybridized carbons (Fsp3) is 0.176. The Kier molecular flexibility index (Phi) is 6.98. The molecule has 0 radical (unpaired) electrons. The van der Waals surface area contributed by atoms with Crippen LogP contribution >= 0.6 is 23.2 Å². The van der Waals surface area contributed by atoms with Crippen LogP contribution in [0, 0.1) is 17.0 Å². The molecular formula is C17H14Cl2N2O6. The molecule has 0 atom stereocenters. The summed E-state index contributed by atoms with van der Waals surface area (Å²) in [6.07, 6.45) is 0. The molecular weight excluding hydrogens is 399 g/mol. The number of carbonyl (C=O) groups is 2. The number of hydrogen-bond acceptors (Lipinski definition) is 6. The van der Waals surface area contributed by atoms with Gasteiger partial charge in [0.15, 0.2) is 13.2 Å². The van der Waals surface area contributed by atoms with Gasteiger partial charge in [-0.2, -0.15) is 0 Å². The van der Waals surface area contributed by atoms with Crippen molar-refractivity contribution in [1.29, 1.82) is 0 Å². The maximum atomic E-state index is 11.9. The van der Waals surface area contributed by atoms with Gasteiger partial charge in [0.1, 0.15) is 5.75 Å². The Bertz CT molecular complexity index is 888. The quantitative estimate of drug-likeness (QED) is 0.421. The minimum absolute atomic E-state index is 0.166. The molecule has 0 aliphatic heterocycles. The molecule has 2 aromatic rings. The van der Waals surface area contributed by atoms with Gasteiger partial charge in [-0.25, -0.2) is 4.79 Å². The van der Waals surface area contributed by atoms with Gasteiger partial charge in [0, 0.05) is 17.2 Å². The molecule has 0 aliphatic carbocycles. The molecule has 0 saturated heterocycles. The summed E-state index contributed by atoms with van der Waals surface area (Å²) < 4.78 is 9.99. The van der Waals surface area contributed by atoms with E-state index in [1.54, 1.807) is 13.0 Å². The third kappa shape index (κ3) is 6.12. The minimum atomic E-state index is -0.785. The van der Waals surface area contributed by atoms with E-state index < -0.39 is 30.0 Å². The van der Waals surface area contributed by atoms with Gasteiger partial charge in [0.25, 0.3) is 11.6 Å². The second-order valence-electron chi connectivity index (χ2n) is 5.33. The van der Waals surface area contributed by atoms with Crippen LogP contribution in [0.2, 0.25) is 10.0 Å². The van der Waals surface area contributed by atoms with Crippen molar-refractivity contribution < 1.29 is 24.0 Å². The van der Waals surface area contributed by atoms with Crippen molar-refractivity contribution in [2.45, 2.75) is 6.92 Å². The Hall–Kier alpha value is -2.84. The van der Waals surface area contributed by atoms with E-state index in [2.05, 4.69) is 5.32 Å². The number of nitro benzene ring substituents is 1. The van der Waals surface area contributed by atoms with E-state index in [4.69, 9.17) is 32.7 Å². The Morgan fingerprint density at radius 1 is 1.15 bits per heavy atom. The highest BCUT2D eigenvalue weighted by Gasteiger charge is 2.13. The first-order valence-corrected chi connectivity index (χ1v) is 8.30. The van der Waals surface area contributed by atoms with Crippen LogP contribution in [0.25, 0.3) is 0 Å². The number of amides is 1. The smallest absolute Gasteiger partial charge is 0.344 e. The number of nitrogens with one attached hydrogen (secondary N) is 1. The van der Waals surface area contributed by atoms with Gasteiger partial charge in [0.2, 0.25) is 0 Å². The van der Waals surface area contributed by atoms with Crippen LogP contribution in [0.5, 0.6) is 5.75 Å². The summed E-state index contributed by atoms with van der Waals surface area (Å²) in [6.45, 7) is 0.651. The normalized spacial score (nSPS) is 10.2. The number of benzene rings is 2. The van der Waals surface area contributed by atoms with Gasteiger partial charge >= 0.3 is 5.97 Å². The molecule has 0 aliphatic rings. The second kappa shape index (κ2) is 9.20. The van der Waals surface area contributed by atoms with E-state index in [9.17, 15) is 19.7 Å². The third-order valence-electron chi connectivity index (χ3n) is 3.31. The lowest BCUT2D eigenvalue weighted by Crippen LogP contribution is -2.24. The summed E-state index contributed by atoms with van der Waals surface area (Å²) in [6, 6.07) is 8.55. The Balaban J connectivity index is 1.84. The maximum Gasteiger partial charge on any atom is 0.344 e. The van der Waals surface area contributed by atoms with Crippen molar-refractivity contribution in [2.24, 2.45) is 0 Å². The summed E-state index contributed by atoms with van der Waals surface area (Å²) >= 11 is 11.7. The minimum Gasteiger partial charge on any atom is -0.480 e. The molecule has 142 valence electrons. The fourth-order valence-corrected chi connectivity index (χ4v) is 2.42. The van der Waals surface area contributed by atoms with Crippen LogP contribution in [0.1, 0.15) is 5.56 Å². The first kappa shape index (κ1) is 20.5. The second-order valence-corrected chi connectivity index (χ2v) is 6.17. The van der Waals surface area contributed by atoms with E-state index in [-0.39, 0.29) is 22.1 Å². The zero-order chi connectivity index (χ0) is 20.0. The van der Waals surface area contributed by atoms with Crippen molar-refractivity contribution in [3.8, 4) is 5.75 Å². The van der Waals surface area contributed by atoms with Crippen molar-refractivity contribution in [1.82, 2.24) is 0 Å². The van der Waals surface area contributed by atoms with Gasteiger partial charge in [0.05, 0.1) is 15.6 Å². The molecule has 0 fully saturated rings. The summed E-state index contributed by atoms with van der Waals surface area (Å²) in [5, 5.41) is 13.9. The van der Waals surface area contributed by atoms with E-state index in [0.29, 0.717) is 10.6 Å². The Morgan fingerprint density at radius 3 is 2.56 bits per heavy atom. The Morgan fingerprint density at radius 2 is 1.89 bits per heavy atom. The molecule has 0 bridgehead atoms. The first-order chi connectivity index (χ1) is 12.8. The van der Waals surface area contributed by atoms with Crippen LogP contribution in [-0.2, 0) is 14.3 Å². The zero-order valence-corrected chi connectivity index (χ0v) is 15.5. The number of esters is 1. The van der Waals surface area contributed by atoms with Gasteiger partial charge in [-0.3, -0.25) is 14.9 Å². The van der Waals surface area contributed by atoms with E-state index >= 15 is 0 Å². The lowest BCUT2D eigenvalue weighted by molar-refractivity contribution is -0.384. The lowest BCUT2D eigenvalue weighted by atomic mass is 10.2. The van der Waals surface area contributed by atoms with Gasteiger partial charge in [-0.1, -0.05) is 29.3 Å². The highest BCUT2D eigenvalue weighted by atomic mass is 35.5. The van der Waals surface area contributed by atoms with E-state index in [1.807, 2.05) is 0 Å². The van der Waals surface area contributed by atoms with Gasteiger partial charge in [-0.05, 0) is 30.7 Å². The molecule has 0 aromatic heterocycles. The van der Waals surface area contributed by atoms with Crippen molar-refractivity contribution in [2.75, 3.05) is 18.5 Å². The average molecular weight is 413 g/mol. The number of rotatable bonds is 7. The fourth-order valence-electron chi connectivity index (χ4n) is 1.96. The van der Waals surface area contributed by atoms with Crippen LogP contribution < -0.4 is 10.1 Å². The standard InChI is InChI=1S/C17H14Cl2N2O6/c1-10-2-4-12(21(24)25)7-14(10)20-16(22)8-27-17(23)9-26-15-5-3-11(18)6-13(15)19/h2-7H,8-9H2,1H3,(H,20,22). The number of nitrogens with zero attached hydrogens (tertiary/aromatic N) is 1. The van der Waals surface area contributed by atoms with Crippen molar-refractivity contribution >= 4 is 46.5 Å². The first-order valence-electron chi connectivity index (χ1n) is 7.54. The Labute approximate surface area is 164 Å². The molecule has 8 nitrogen and oxygen atoms in total. The number of carbonyl (C=O) groups excluding carboxylic acids is 2. The molecule has 0 saturated carbocycles. The maximum absolute atomic E-state index is 11.9. The number of ether oxygens (including phenoxy) is 2. The molecule has 10 heteroatoms. The lowest BCUT2D eigenvalue weighted by Gasteiger charge is -2.10. The number of hydrogen-bond donors (Lipinski definition) is 1. The van der Waals surface area contributed by atoms with E-state index in [0.717, 1.165) is 0 Å². The largest absolute Gasteiger partial charge is 0.480 e. The molecule has 0 heterocycles. The molecule has 27 heavy (non-hydrogen) atoms. The molecule has 1 N–H and O–H groups in total. The van der Waals surface area contributed by atoms with Crippen molar-refractivity contribution in [3.05, 3.63) is 62.1 Å². The van der Waals surface area contributed by atoms with E-state index in [1.165, 1.54) is 30.3 Å². The predicted molar refractivity (Wildman–Crippen MR) is 99.4 cm³/mol. The summed E-state index contributed by atoms with van der Waals surface area (Å²) in [5.41, 5.74) is 0.719. The number of aryl methyl sites for hydroxylation is 1. The molecule has 0 spiro atoms. The van der Waals surface area contributed by atoms with Gasteiger partial charge in [-0.15, -0.1) is 0 Å². The number of non-ortho nitro benzene ring substituents is 1. The molecule has 0 unspecified atom stereocenters. The monoisotopic (exact) mass is 412 g/mol. The highest BCUT2D eigenvalue weighted by Crippen LogP contribution is 2.27. The zero-order valence-electron chi connectivity index (χ0n) is 14.0. The van der Waals surface area contributed by atoms with Crippen LogP contribution in [0.4, 0.5) is 11.4 Å². The van der Waals surface area contributed by atoms with Gasteiger partial charge < -0.3 is 14.8 Å². The van der Waals surface area contributed by atoms with Crippen LogP contribution in [-0.4, -0.2) is 30.0 Å². The summed E-state index contributed by atoms with van der Waals surface area (Å²) in [5.74, 6) is -1.18.